The smallest absolute Gasteiger partial charge is 0.223 e. The van der Waals surface area contributed by atoms with Crippen molar-refractivity contribution < 1.29 is 9.59 Å². The van der Waals surface area contributed by atoms with Crippen molar-refractivity contribution in [1.82, 2.24) is 10.2 Å². The van der Waals surface area contributed by atoms with Gasteiger partial charge in [0.1, 0.15) is 0 Å². The number of rotatable bonds is 8. The second-order valence-corrected chi connectivity index (χ2v) is 5.82. The normalized spacial score (nSPS) is 16.2. The van der Waals surface area contributed by atoms with Crippen LogP contribution in [-0.4, -0.2) is 42.2 Å². The molecule has 1 rings (SSSR count). The molecular weight excluding hydrogens is 276 g/mol. The van der Waals surface area contributed by atoms with Crippen LogP contribution < -0.4 is 5.32 Å². The molecule has 5 heteroatoms. The molecule has 1 saturated heterocycles. The minimum absolute atomic E-state index is 0.0822. The molecule has 4 nitrogen and oxygen atoms in total. The number of hydrogen-bond acceptors (Lipinski definition) is 2. The molecule has 0 aliphatic carbocycles. The number of piperidine rings is 1. The quantitative estimate of drug-likeness (QED) is 0.553. The van der Waals surface area contributed by atoms with Crippen LogP contribution in [0.4, 0.5) is 0 Å². The van der Waals surface area contributed by atoms with Crippen molar-refractivity contribution in [3.05, 3.63) is 0 Å². The van der Waals surface area contributed by atoms with Gasteiger partial charge in [-0.15, -0.1) is 11.6 Å². The summed E-state index contributed by atoms with van der Waals surface area (Å²) in [6, 6.07) is 0. The fourth-order valence-corrected chi connectivity index (χ4v) is 2.64. The lowest BCUT2D eigenvalue weighted by Gasteiger charge is -2.31. The van der Waals surface area contributed by atoms with Gasteiger partial charge in [-0.25, -0.2) is 0 Å². The molecule has 116 valence electrons. The standard InChI is InChI=1S/C15H27ClN2O2/c1-2-3-10-17-15(20)13-7-11-18(12-8-13)14(19)6-4-5-9-16/h13H,2-12H2,1H3,(H,17,20). The van der Waals surface area contributed by atoms with E-state index in [0.29, 0.717) is 25.4 Å². The highest BCUT2D eigenvalue weighted by Gasteiger charge is 2.26. The van der Waals surface area contributed by atoms with Crippen LogP contribution in [0.2, 0.25) is 0 Å². The highest BCUT2D eigenvalue weighted by atomic mass is 35.5. The Morgan fingerprint density at radius 2 is 1.90 bits per heavy atom. The van der Waals surface area contributed by atoms with Crippen molar-refractivity contribution in [1.29, 1.82) is 0 Å². The van der Waals surface area contributed by atoms with E-state index in [2.05, 4.69) is 12.2 Å². The zero-order valence-corrected chi connectivity index (χ0v) is 13.3. The first-order valence-electron chi connectivity index (χ1n) is 7.80. The van der Waals surface area contributed by atoms with E-state index in [4.69, 9.17) is 11.6 Å². The van der Waals surface area contributed by atoms with Crippen molar-refractivity contribution in [2.75, 3.05) is 25.5 Å². The summed E-state index contributed by atoms with van der Waals surface area (Å²) in [6.07, 6.45) is 6.04. The summed E-state index contributed by atoms with van der Waals surface area (Å²) in [6.45, 7) is 4.31. The lowest BCUT2D eigenvalue weighted by atomic mass is 9.95. The maximum absolute atomic E-state index is 11.9. The van der Waals surface area contributed by atoms with Crippen LogP contribution in [0, 0.1) is 5.92 Å². The highest BCUT2D eigenvalue weighted by molar-refractivity contribution is 6.17. The van der Waals surface area contributed by atoms with Gasteiger partial charge in [0.15, 0.2) is 0 Å². The summed E-state index contributed by atoms with van der Waals surface area (Å²) in [5.74, 6) is 1.07. The summed E-state index contributed by atoms with van der Waals surface area (Å²) in [5, 5.41) is 2.98. The maximum atomic E-state index is 11.9. The summed E-state index contributed by atoms with van der Waals surface area (Å²) in [5.41, 5.74) is 0. The largest absolute Gasteiger partial charge is 0.356 e. The van der Waals surface area contributed by atoms with Crippen molar-refractivity contribution >= 4 is 23.4 Å². The first-order chi connectivity index (χ1) is 9.69. The second-order valence-electron chi connectivity index (χ2n) is 5.45. The van der Waals surface area contributed by atoms with Gasteiger partial charge < -0.3 is 10.2 Å². The molecule has 1 aliphatic heterocycles. The molecule has 1 N–H and O–H groups in total. The van der Waals surface area contributed by atoms with E-state index in [9.17, 15) is 9.59 Å². The van der Waals surface area contributed by atoms with E-state index in [1.54, 1.807) is 0 Å². The van der Waals surface area contributed by atoms with Gasteiger partial charge in [-0.05, 0) is 32.1 Å². The molecule has 0 atom stereocenters. The fraction of sp³-hybridized carbons (Fsp3) is 0.867. The van der Waals surface area contributed by atoms with Crippen molar-refractivity contribution in [2.45, 2.75) is 51.9 Å². The summed E-state index contributed by atoms with van der Waals surface area (Å²) >= 11 is 5.61. The fourth-order valence-electron chi connectivity index (χ4n) is 2.45. The number of nitrogens with one attached hydrogen (secondary N) is 1. The maximum Gasteiger partial charge on any atom is 0.223 e. The van der Waals surface area contributed by atoms with Crippen LogP contribution in [0.3, 0.4) is 0 Å². The van der Waals surface area contributed by atoms with E-state index in [0.717, 1.165) is 45.1 Å². The van der Waals surface area contributed by atoms with Gasteiger partial charge in [0.2, 0.25) is 11.8 Å². The van der Waals surface area contributed by atoms with E-state index < -0.39 is 0 Å². The first-order valence-corrected chi connectivity index (χ1v) is 8.34. The van der Waals surface area contributed by atoms with Crippen molar-refractivity contribution in [2.24, 2.45) is 5.92 Å². The minimum Gasteiger partial charge on any atom is -0.356 e. The Hall–Kier alpha value is -0.770. The Morgan fingerprint density at radius 1 is 1.20 bits per heavy atom. The molecule has 0 aromatic carbocycles. The minimum atomic E-state index is 0.0822. The number of carbonyl (C=O) groups excluding carboxylic acids is 2. The SMILES string of the molecule is CCCCNC(=O)C1CCN(C(=O)CCCCCl)CC1. The molecular formula is C15H27ClN2O2. The third-order valence-electron chi connectivity index (χ3n) is 3.82. The zero-order valence-electron chi connectivity index (χ0n) is 12.5. The van der Waals surface area contributed by atoms with E-state index in [-0.39, 0.29) is 17.7 Å². The highest BCUT2D eigenvalue weighted by Crippen LogP contribution is 2.18. The molecule has 0 bridgehead atoms. The van der Waals surface area contributed by atoms with Gasteiger partial charge in [0.25, 0.3) is 0 Å². The Morgan fingerprint density at radius 3 is 2.50 bits per heavy atom. The third kappa shape index (κ3) is 6.12. The monoisotopic (exact) mass is 302 g/mol. The van der Waals surface area contributed by atoms with E-state index in [1.165, 1.54) is 0 Å². The topological polar surface area (TPSA) is 49.4 Å². The summed E-state index contributed by atoms with van der Waals surface area (Å²) < 4.78 is 0. The molecule has 0 radical (unpaired) electrons. The molecule has 0 aromatic heterocycles. The van der Waals surface area contributed by atoms with Crippen LogP contribution in [0.25, 0.3) is 0 Å². The molecule has 1 heterocycles. The predicted octanol–water partition coefficient (Wildman–Crippen LogP) is 2.55. The van der Waals surface area contributed by atoms with Gasteiger partial charge in [0, 0.05) is 37.9 Å². The van der Waals surface area contributed by atoms with E-state index >= 15 is 0 Å². The van der Waals surface area contributed by atoms with Crippen LogP contribution in [0.1, 0.15) is 51.9 Å². The molecule has 1 aliphatic rings. The lowest BCUT2D eigenvalue weighted by Crippen LogP contribution is -2.43. The third-order valence-corrected chi connectivity index (χ3v) is 4.09. The number of likely N-dealkylation sites (tertiary alicyclic amines) is 1. The molecule has 0 aromatic rings. The summed E-state index contributed by atoms with van der Waals surface area (Å²) in [4.78, 5) is 25.8. The number of carbonyl (C=O) groups is 2. The average molecular weight is 303 g/mol. The Labute approximate surface area is 127 Å². The molecule has 1 fully saturated rings. The number of halogens is 1. The van der Waals surface area contributed by atoms with Crippen LogP contribution in [-0.2, 0) is 9.59 Å². The first kappa shape index (κ1) is 17.3. The van der Waals surface area contributed by atoms with Crippen LogP contribution in [0.5, 0.6) is 0 Å². The molecule has 0 spiro atoms. The van der Waals surface area contributed by atoms with Gasteiger partial charge in [-0.2, -0.15) is 0 Å². The second kappa shape index (κ2) is 10.0. The van der Waals surface area contributed by atoms with Crippen LogP contribution >= 0.6 is 11.6 Å². The van der Waals surface area contributed by atoms with Crippen molar-refractivity contribution in [3.63, 3.8) is 0 Å². The molecule has 2 amide bonds. The van der Waals surface area contributed by atoms with Gasteiger partial charge in [-0.1, -0.05) is 13.3 Å². The molecule has 0 unspecified atom stereocenters. The lowest BCUT2D eigenvalue weighted by molar-refractivity contribution is -0.135. The average Bonchev–Trinajstić information content (AvgIpc) is 2.47. The number of nitrogens with zero attached hydrogens (tertiary/aromatic N) is 1. The number of unbranched alkanes of at least 4 members (excludes halogenated alkanes) is 2. The Kier molecular flexibility index (Phi) is 8.67. The van der Waals surface area contributed by atoms with Gasteiger partial charge in [-0.3, -0.25) is 9.59 Å². The zero-order chi connectivity index (χ0) is 14.8. The van der Waals surface area contributed by atoms with Gasteiger partial charge in [0.05, 0.1) is 0 Å². The molecule has 0 saturated carbocycles. The molecule has 20 heavy (non-hydrogen) atoms. The number of alkyl halides is 1. The Bertz CT molecular complexity index is 272. The summed E-state index contributed by atoms with van der Waals surface area (Å²) in [7, 11) is 0. The Balaban J connectivity index is 2.21. The van der Waals surface area contributed by atoms with Crippen molar-refractivity contribution in [3.8, 4) is 0 Å². The predicted molar refractivity (Wildman–Crippen MR) is 81.8 cm³/mol. The number of hydrogen-bond donors (Lipinski definition) is 1. The van der Waals surface area contributed by atoms with E-state index in [1.807, 2.05) is 4.90 Å². The number of amides is 2. The van der Waals surface area contributed by atoms with Crippen LogP contribution in [0.15, 0.2) is 0 Å². The van der Waals surface area contributed by atoms with Gasteiger partial charge >= 0.3 is 0 Å².